The molecule has 5 heteroatoms. The van der Waals surface area contributed by atoms with Crippen LogP contribution >= 0.6 is 0 Å². The summed E-state index contributed by atoms with van der Waals surface area (Å²) in [5.41, 5.74) is -0.512. The number of likely N-dealkylation sites (tertiary alicyclic amines) is 1. The number of amides is 1. The minimum absolute atomic E-state index is 0.0371. The summed E-state index contributed by atoms with van der Waals surface area (Å²) in [7, 11) is 0. The minimum atomic E-state index is -0.812. The molecule has 0 spiro atoms. The summed E-state index contributed by atoms with van der Waals surface area (Å²) in [6, 6.07) is 0.0502. The van der Waals surface area contributed by atoms with E-state index in [-0.39, 0.29) is 24.5 Å². The van der Waals surface area contributed by atoms with Crippen molar-refractivity contribution in [2.24, 2.45) is 5.92 Å². The van der Waals surface area contributed by atoms with Crippen molar-refractivity contribution in [3.05, 3.63) is 0 Å². The quantitative estimate of drug-likeness (QED) is 0.806. The Balaban J connectivity index is 2.55. The van der Waals surface area contributed by atoms with E-state index in [1.54, 1.807) is 4.90 Å². The fourth-order valence-corrected chi connectivity index (χ4v) is 2.11. The van der Waals surface area contributed by atoms with Gasteiger partial charge in [-0.05, 0) is 40.0 Å². The van der Waals surface area contributed by atoms with Crippen LogP contribution in [0.2, 0.25) is 0 Å². The smallest absolute Gasteiger partial charge is 0.410 e. The first-order valence-electron chi connectivity index (χ1n) is 5.90. The highest BCUT2D eigenvalue weighted by Gasteiger charge is 2.35. The van der Waals surface area contributed by atoms with Crippen molar-refractivity contribution in [1.29, 1.82) is 0 Å². The van der Waals surface area contributed by atoms with Gasteiger partial charge in [-0.25, -0.2) is 4.79 Å². The van der Waals surface area contributed by atoms with Gasteiger partial charge in [0.1, 0.15) is 5.60 Å². The van der Waals surface area contributed by atoms with Crippen molar-refractivity contribution < 1.29 is 19.4 Å². The number of carbonyl (C=O) groups is 2. The fraction of sp³-hybridized carbons (Fsp3) is 0.833. The van der Waals surface area contributed by atoms with Crippen molar-refractivity contribution in [2.75, 3.05) is 6.54 Å². The van der Waals surface area contributed by atoms with Crippen molar-refractivity contribution in [3.8, 4) is 0 Å². The van der Waals surface area contributed by atoms with Crippen molar-refractivity contribution in [3.63, 3.8) is 0 Å². The zero-order valence-corrected chi connectivity index (χ0v) is 10.9. The van der Waals surface area contributed by atoms with Gasteiger partial charge in [0.05, 0.1) is 0 Å². The number of hydrogen-bond donors (Lipinski definition) is 1. The van der Waals surface area contributed by atoms with E-state index in [4.69, 9.17) is 9.84 Å². The van der Waals surface area contributed by atoms with Gasteiger partial charge in [-0.3, -0.25) is 4.79 Å². The van der Waals surface area contributed by atoms with Crippen LogP contribution in [0.1, 0.15) is 40.5 Å². The number of carboxylic acids is 1. The summed E-state index contributed by atoms with van der Waals surface area (Å²) in [5.74, 6) is -0.775. The fourth-order valence-electron chi connectivity index (χ4n) is 2.11. The van der Waals surface area contributed by atoms with Crippen LogP contribution in [0.25, 0.3) is 0 Å². The van der Waals surface area contributed by atoms with Gasteiger partial charge in [-0.15, -0.1) is 0 Å². The van der Waals surface area contributed by atoms with E-state index in [0.29, 0.717) is 6.54 Å². The first-order chi connectivity index (χ1) is 7.69. The monoisotopic (exact) mass is 243 g/mol. The van der Waals surface area contributed by atoms with Crippen LogP contribution in [-0.4, -0.2) is 40.3 Å². The van der Waals surface area contributed by atoms with Gasteiger partial charge >= 0.3 is 12.1 Å². The number of ether oxygens (including phenoxy) is 1. The Kier molecular flexibility index (Phi) is 4.01. The van der Waals surface area contributed by atoms with Crippen LogP contribution in [0.3, 0.4) is 0 Å². The van der Waals surface area contributed by atoms with E-state index in [1.807, 2.05) is 27.7 Å². The summed E-state index contributed by atoms with van der Waals surface area (Å²) in [4.78, 5) is 24.1. The molecule has 1 amide bonds. The van der Waals surface area contributed by atoms with E-state index in [1.165, 1.54) is 0 Å². The second kappa shape index (κ2) is 4.94. The van der Waals surface area contributed by atoms with E-state index >= 15 is 0 Å². The predicted octanol–water partition coefficient (Wildman–Crippen LogP) is 2.11. The third kappa shape index (κ3) is 4.24. The third-order valence-corrected chi connectivity index (χ3v) is 2.75. The Labute approximate surface area is 102 Å². The molecule has 2 atom stereocenters. The van der Waals surface area contributed by atoms with Crippen molar-refractivity contribution in [1.82, 2.24) is 4.90 Å². The maximum Gasteiger partial charge on any atom is 0.410 e. The summed E-state index contributed by atoms with van der Waals surface area (Å²) < 4.78 is 5.28. The van der Waals surface area contributed by atoms with Gasteiger partial charge in [0, 0.05) is 19.0 Å². The molecule has 0 aromatic rings. The lowest BCUT2D eigenvalue weighted by atomic mass is 10.0. The van der Waals surface area contributed by atoms with Crippen LogP contribution in [0.5, 0.6) is 0 Å². The molecule has 1 aliphatic heterocycles. The van der Waals surface area contributed by atoms with Crippen LogP contribution < -0.4 is 0 Å². The van der Waals surface area contributed by atoms with Crippen LogP contribution in [0, 0.1) is 5.92 Å². The van der Waals surface area contributed by atoms with Crippen molar-refractivity contribution in [2.45, 2.75) is 52.2 Å². The van der Waals surface area contributed by atoms with Gasteiger partial charge < -0.3 is 14.7 Å². The first kappa shape index (κ1) is 13.8. The highest BCUT2D eigenvalue weighted by Crippen LogP contribution is 2.27. The SMILES string of the molecule is C[C@@H]1C[C@H](CC(=O)O)CN1C(=O)OC(C)(C)C. The van der Waals surface area contributed by atoms with E-state index in [2.05, 4.69) is 0 Å². The number of carbonyl (C=O) groups excluding carboxylic acids is 1. The molecular formula is C12H21NO4. The topological polar surface area (TPSA) is 66.8 Å². The molecule has 1 saturated heterocycles. The van der Waals surface area contributed by atoms with Crippen LogP contribution in [-0.2, 0) is 9.53 Å². The molecule has 0 bridgehead atoms. The third-order valence-electron chi connectivity index (χ3n) is 2.75. The molecule has 17 heavy (non-hydrogen) atoms. The number of rotatable bonds is 2. The molecule has 0 aromatic carbocycles. The molecule has 1 aliphatic rings. The summed E-state index contributed by atoms with van der Waals surface area (Å²) >= 11 is 0. The molecule has 0 aromatic heterocycles. The summed E-state index contributed by atoms with van der Waals surface area (Å²) in [5, 5.41) is 8.74. The molecule has 1 rings (SSSR count). The molecule has 1 N–H and O–H groups in total. The molecular weight excluding hydrogens is 222 g/mol. The van der Waals surface area contributed by atoms with Crippen LogP contribution in [0.4, 0.5) is 4.79 Å². The number of nitrogens with zero attached hydrogens (tertiary/aromatic N) is 1. The molecule has 98 valence electrons. The van der Waals surface area contributed by atoms with Crippen LogP contribution in [0.15, 0.2) is 0 Å². The van der Waals surface area contributed by atoms with Gasteiger partial charge in [-0.1, -0.05) is 0 Å². The normalized spacial score (nSPS) is 24.8. The molecule has 1 heterocycles. The predicted molar refractivity (Wildman–Crippen MR) is 62.8 cm³/mol. The van der Waals surface area contributed by atoms with Gasteiger partial charge in [-0.2, -0.15) is 0 Å². The van der Waals surface area contributed by atoms with E-state index in [0.717, 1.165) is 6.42 Å². The average molecular weight is 243 g/mol. The number of carboxylic acid groups (broad SMARTS) is 1. The first-order valence-corrected chi connectivity index (χ1v) is 5.90. The minimum Gasteiger partial charge on any atom is -0.481 e. The molecule has 0 aliphatic carbocycles. The summed E-state index contributed by atoms with van der Waals surface area (Å²) in [6.45, 7) is 7.86. The largest absolute Gasteiger partial charge is 0.481 e. The number of hydrogen-bond acceptors (Lipinski definition) is 3. The van der Waals surface area contributed by atoms with Crippen molar-refractivity contribution >= 4 is 12.1 Å². The second-order valence-corrected chi connectivity index (χ2v) is 5.68. The zero-order valence-electron chi connectivity index (χ0n) is 10.9. The maximum atomic E-state index is 11.9. The Morgan fingerprint density at radius 2 is 2.00 bits per heavy atom. The molecule has 1 fully saturated rings. The lowest BCUT2D eigenvalue weighted by molar-refractivity contribution is -0.138. The van der Waals surface area contributed by atoms with E-state index in [9.17, 15) is 9.59 Å². The van der Waals surface area contributed by atoms with Gasteiger partial charge in [0.25, 0.3) is 0 Å². The standard InChI is InChI=1S/C12H21NO4/c1-8-5-9(6-10(14)15)7-13(8)11(16)17-12(2,3)4/h8-9H,5-7H2,1-4H3,(H,14,15)/t8-,9-/m1/s1. The Morgan fingerprint density at radius 3 is 2.47 bits per heavy atom. The van der Waals surface area contributed by atoms with Gasteiger partial charge in [0.15, 0.2) is 0 Å². The lowest BCUT2D eigenvalue weighted by Gasteiger charge is -2.27. The average Bonchev–Trinajstić information content (AvgIpc) is 2.42. The lowest BCUT2D eigenvalue weighted by Crippen LogP contribution is -2.38. The molecule has 5 nitrogen and oxygen atoms in total. The second-order valence-electron chi connectivity index (χ2n) is 5.68. The highest BCUT2D eigenvalue weighted by molar-refractivity contribution is 5.70. The molecule has 0 saturated carbocycles. The highest BCUT2D eigenvalue weighted by atomic mass is 16.6. The Bertz CT molecular complexity index is 308. The zero-order chi connectivity index (χ0) is 13.2. The maximum absolute atomic E-state index is 11.9. The molecule has 0 radical (unpaired) electrons. The van der Waals surface area contributed by atoms with E-state index < -0.39 is 11.6 Å². The Morgan fingerprint density at radius 1 is 1.41 bits per heavy atom. The summed E-state index contributed by atoms with van der Waals surface area (Å²) in [6.07, 6.45) is 0.493. The van der Waals surface area contributed by atoms with Gasteiger partial charge in [0.2, 0.25) is 0 Å². The molecule has 0 unspecified atom stereocenters. The Hall–Kier alpha value is -1.26. The number of aliphatic carboxylic acids is 1.